The van der Waals surface area contributed by atoms with Gasteiger partial charge in [0, 0.05) is 0 Å². The number of para-hydroxylation sites is 1. The highest BCUT2D eigenvalue weighted by Crippen LogP contribution is 2.09. The first-order valence-electron chi connectivity index (χ1n) is 4.70. The van der Waals surface area contributed by atoms with E-state index in [1.165, 1.54) is 6.33 Å². The number of rotatable bonds is 1. The number of benzene rings is 1. The minimum Gasteiger partial charge on any atom is -0.286 e. The molecule has 2 heterocycles. The Balaban J connectivity index is 2.20. The van der Waals surface area contributed by atoms with Crippen LogP contribution in [0.3, 0.4) is 0 Å². The molecule has 3 rings (SSSR count). The Morgan fingerprint density at radius 1 is 1.19 bits per heavy atom. The van der Waals surface area contributed by atoms with Crippen LogP contribution >= 0.6 is 0 Å². The molecule has 1 N–H and O–H groups in total. The van der Waals surface area contributed by atoms with Crippen molar-refractivity contribution in [2.75, 3.05) is 0 Å². The molecule has 0 saturated heterocycles. The number of nitrogens with zero attached hydrogens (tertiary/aromatic N) is 4. The van der Waals surface area contributed by atoms with Crippen molar-refractivity contribution in [3.63, 3.8) is 0 Å². The normalized spacial score (nSPS) is 10.8. The van der Waals surface area contributed by atoms with Gasteiger partial charge in [0.05, 0.1) is 5.69 Å². The number of imidazole rings is 1. The van der Waals surface area contributed by atoms with Crippen molar-refractivity contribution in [1.82, 2.24) is 24.7 Å². The number of aromatic amines is 1. The zero-order valence-corrected chi connectivity index (χ0v) is 8.16. The van der Waals surface area contributed by atoms with Crippen molar-refractivity contribution in [2.24, 2.45) is 0 Å². The summed E-state index contributed by atoms with van der Waals surface area (Å²) in [6, 6.07) is 9.52. The van der Waals surface area contributed by atoms with Crippen LogP contribution in [0.4, 0.5) is 0 Å². The average Bonchev–Trinajstić information content (AvgIpc) is 2.69. The lowest BCUT2D eigenvalue weighted by Crippen LogP contribution is -2.04. The summed E-state index contributed by atoms with van der Waals surface area (Å²) in [4.78, 5) is 21.2. The van der Waals surface area contributed by atoms with Crippen molar-refractivity contribution >= 4 is 0 Å². The van der Waals surface area contributed by atoms with E-state index in [9.17, 15) is 4.79 Å². The number of hydrogen-bond donors (Lipinski definition) is 1. The summed E-state index contributed by atoms with van der Waals surface area (Å²) in [5, 5.41) is 4.20. The molecule has 0 atom stereocenters. The summed E-state index contributed by atoms with van der Waals surface area (Å²) >= 11 is 0. The molecule has 1 aromatic rings. The molecule has 0 bridgehead atoms. The first kappa shape index (κ1) is 8.78. The maximum atomic E-state index is 11.0. The van der Waals surface area contributed by atoms with E-state index >= 15 is 0 Å². The fourth-order valence-corrected chi connectivity index (χ4v) is 1.44. The Hall–Kier alpha value is -2.50. The van der Waals surface area contributed by atoms with Gasteiger partial charge in [0.1, 0.15) is 6.33 Å². The fourth-order valence-electron chi connectivity index (χ4n) is 1.44. The van der Waals surface area contributed by atoms with Crippen LogP contribution in [-0.4, -0.2) is 24.7 Å². The van der Waals surface area contributed by atoms with Crippen molar-refractivity contribution in [2.45, 2.75) is 0 Å². The van der Waals surface area contributed by atoms with Crippen LogP contribution in [0, 0.1) is 0 Å². The Morgan fingerprint density at radius 3 is 2.81 bits per heavy atom. The van der Waals surface area contributed by atoms with Gasteiger partial charge in [-0.3, -0.25) is 4.98 Å². The molecule has 16 heavy (non-hydrogen) atoms. The van der Waals surface area contributed by atoms with Crippen LogP contribution in [0.1, 0.15) is 0 Å². The molecule has 2 aliphatic rings. The highest BCUT2D eigenvalue weighted by molar-refractivity contribution is 5.43. The molecule has 0 unspecified atom stereocenters. The molecule has 6 heteroatoms. The van der Waals surface area contributed by atoms with E-state index in [0.717, 1.165) is 5.69 Å². The average molecular weight is 213 g/mol. The fraction of sp³-hybridized carbons (Fsp3) is 0. The molecule has 0 aliphatic carbocycles. The molecular weight excluding hydrogens is 206 g/mol. The summed E-state index contributed by atoms with van der Waals surface area (Å²) in [5.41, 5.74) is 0.444. The molecule has 2 aliphatic heterocycles. The van der Waals surface area contributed by atoms with Crippen LogP contribution in [0.5, 0.6) is 0 Å². The number of H-pyrrole nitrogens is 1. The predicted molar refractivity (Wildman–Crippen MR) is 56.4 cm³/mol. The minimum absolute atomic E-state index is 0.331. The van der Waals surface area contributed by atoms with E-state index in [4.69, 9.17) is 0 Å². The number of nitrogens with one attached hydrogen (secondary N) is 1. The quantitative estimate of drug-likeness (QED) is 0.637. The predicted octanol–water partition coefficient (Wildman–Crippen LogP) is 0.455. The van der Waals surface area contributed by atoms with Crippen LogP contribution in [0.15, 0.2) is 41.5 Å². The third-order valence-electron chi connectivity index (χ3n) is 2.16. The van der Waals surface area contributed by atoms with E-state index in [-0.39, 0.29) is 0 Å². The van der Waals surface area contributed by atoms with Gasteiger partial charge < -0.3 is 0 Å². The van der Waals surface area contributed by atoms with Gasteiger partial charge in [-0.15, -0.1) is 5.10 Å². The standard InChI is InChI=1S/C10H7N5O/c16-10-12-8-9(13-10)14-15(6-11-8)7-4-2-1-3-5-7/h1-6H,(H,13,14,16). The monoisotopic (exact) mass is 213 g/mol. The molecule has 0 amide bonds. The molecule has 0 fully saturated rings. The topological polar surface area (TPSA) is 76.5 Å². The van der Waals surface area contributed by atoms with E-state index in [1.54, 1.807) is 4.68 Å². The number of hydrogen-bond acceptors (Lipinski definition) is 4. The van der Waals surface area contributed by atoms with Gasteiger partial charge >= 0.3 is 5.69 Å². The molecule has 0 radical (unpaired) electrons. The lowest BCUT2D eigenvalue weighted by Gasteiger charge is -2.04. The first-order chi connectivity index (χ1) is 7.83. The van der Waals surface area contributed by atoms with Crippen LogP contribution in [0.2, 0.25) is 0 Å². The van der Waals surface area contributed by atoms with Gasteiger partial charge in [-0.2, -0.15) is 4.98 Å². The smallest absolute Gasteiger partial charge is 0.286 e. The maximum absolute atomic E-state index is 11.0. The number of fused-ring (bicyclic) bond motifs is 1. The van der Waals surface area contributed by atoms with Gasteiger partial charge in [0.15, 0.2) is 0 Å². The van der Waals surface area contributed by atoms with Crippen molar-refractivity contribution in [1.29, 1.82) is 0 Å². The van der Waals surface area contributed by atoms with Gasteiger partial charge in [0.2, 0.25) is 11.6 Å². The van der Waals surface area contributed by atoms with Crippen molar-refractivity contribution in [3.05, 3.63) is 47.1 Å². The Morgan fingerprint density at radius 2 is 2.00 bits per heavy atom. The van der Waals surface area contributed by atoms with Crippen molar-refractivity contribution in [3.8, 4) is 17.3 Å². The lowest BCUT2D eigenvalue weighted by molar-refractivity contribution is 0.799. The van der Waals surface area contributed by atoms with Gasteiger partial charge in [0.25, 0.3) is 0 Å². The van der Waals surface area contributed by atoms with E-state index < -0.39 is 5.69 Å². The second kappa shape index (κ2) is 3.27. The minimum atomic E-state index is -0.430. The summed E-state index contributed by atoms with van der Waals surface area (Å²) in [7, 11) is 0. The molecule has 0 saturated carbocycles. The zero-order chi connectivity index (χ0) is 11.0. The van der Waals surface area contributed by atoms with Crippen LogP contribution < -0.4 is 5.69 Å². The lowest BCUT2D eigenvalue weighted by atomic mass is 10.3. The Bertz CT molecular complexity index is 642. The molecular formula is C10H7N5O. The van der Waals surface area contributed by atoms with Gasteiger partial charge in [-0.1, -0.05) is 18.2 Å². The molecule has 6 nitrogen and oxygen atoms in total. The Labute approximate surface area is 90.0 Å². The molecule has 0 spiro atoms. The third-order valence-corrected chi connectivity index (χ3v) is 2.16. The van der Waals surface area contributed by atoms with E-state index in [1.807, 2.05) is 30.3 Å². The van der Waals surface area contributed by atoms with Crippen LogP contribution in [0.25, 0.3) is 17.3 Å². The highest BCUT2D eigenvalue weighted by Gasteiger charge is 2.10. The second-order valence-electron chi connectivity index (χ2n) is 3.24. The summed E-state index contributed by atoms with van der Waals surface area (Å²) < 4.78 is 1.58. The number of aromatic nitrogens is 5. The zero-order valence-electron chi connectivity index (χ0n) is 8.16. The summed E-state index contributed by atoms with van der Waals surface area (Å²) in [6.45, 7) is 0. The highest BCUT2D eigenvalue weighted by atomic mass is 16.1. The maximum Gasteiger partial charge on any atom is 0.348 e. The van der Waals surface area contributed by atoms with E-state index in [2.05, 4.69) is 20.1 Å². The molecule has 1 aromatic carbocycles. The molecule has 0 aromatic heterocycles. The van der Waals surface area contributed by atoms with Crippen molar-refractivity contribution < 1.29 is 0 Å². The largest absolute Gasteiger partial charge is 0.348 e. The first-order valence-corrected chi connectivity index (χ1v) is 4.70. The summed E-state index contributed by atoms with van der Waals surface area (Å²) in [6.07, 6.45) is 1.53. The van der Waals surface area contributed by atoms with E-state index in [0.29, 0.717) is 11.6 Å². The van der Waals surface area contributed by atoms with Gasteiger partial charge in [-0.25, -0.2) is 14.5 Å². The molecule has 78 valence electrons. The van der Waals surface area contributed by atoms with Gasteiger partial charge in [-0.05, 0) is 12.1 Å². The second-order valence-corrected chi connectivity index (χ2v) is 3.24. The third kappa shape index (κ3) is 1.36. The SMILES string of the molecule is O=c1nc2ncn(-c3ccccc3)nc-2[nH]1. The summed E-state index contributed by atoms with van der Waals surface area (Å²) in [5.74, 6) is 0.716. The Kier molecular flexibility index (Phi) is 1.79. The van der Waals surface area contributed by atoms with Crippen LogP contribution in [-0.2, 0) is 0 Å².